The highest BCUT2D eigenvalue weighted by molar-refractivity contribution is 5.82. The van der Waals surface area contributed by atoms with E-state index in [-0.39, 0.29) is 11.3 Å². The standard InChI is InChI=1S/C22H17N3O3/c1-28-20-13-15(11-12-19(20)26)14-23-25-21(16-7-3-2-4-8-16)24-18-10-6-5-9-17(18)22(25)27/h2-14,26H,1H3/b23-14+. The quantitative estimate of drug-likeness (QED) is 0.556. The second-order valence-corrected chi connectivity index (χ2v) is 6.11. The summed E-state index contributed by atoms with van der Waals surface area (Å²) in [5.41, 5.74) is 1.81. The van der Waals surface area contributed by atoms with E-state index in [1.165, 1.54) is 24.1 Å². The number of para-hydroxylation sites is 1. The van der Waals surface area contributed by atoms with Crippen LogP contribution in [0.2, 0.25) is 0 Å². The number of rotatable bonds is 4. The number of aromatic hydroxyl groups is 1. The van der Waals surface area contributed by atoms with E-state index < -0.39 is 0 Å². The highest BCUT2D eigenvalue weighted by atomic mass is 16.5. The number of aromatic nitrogens is 2. The van der Waals surface area contributed by atoms with E-state index in [9.17, 15) is 9.90 Å². The average Bonchev–Trinajstić information content (AvgIpc) is 2.74. The summed E-state index contributed by atoms with van der Waals surface area (Å²) in [4.78, 5) is 17.7. The number of phenols is 1. The van der Waals surface area contributed by atoms with Gasteiger partial charge in [0.25, 0.3) is 5.56 Å². The van der Waals surface area contributed by atoms with E-state index in [4.69, 9.17) is 4.74 Å². The molecule has 0 aliphatic rings. The van der Waals surface area contributed by atoms with Crippen molar-refractivity contribution in [1.82, 2.24) is 9.66 Å². The summed E-state index contributed by atoms with van der Waals surface area (Å²) < 4.78 is 6.41. The first-order valence-electron chi connectivity index (χ1n) is 8.66. The third kappa shape index (κ3) is 3.23. The Morgan fingerprint density at radius 2 is 1.79 bits per heavy atom. The zero-order valence-electron chi connectivity index (χ0n) is 15.1. The lowest BCUT2D eigenvalue weighted by Crippen LogP contribution is -2.20. The van der Waals surface area contributed by atoms with Gasteiger partial charge in [0.2, 0.25) is 0 Å². The zero-order chi connectivity index (χ0) is 19.5. The molecule has 0 amide bonds. The van der Waals surface area contributed by atoms with Gasteiger partial charge < -0.3 is 9.84 Å². The number of methoxy groups -OCH3 is 1. The molecule has 0 fully saturated rings. The Labute approximate surface area is 161 Å². The van der Waals surface area contributed by atoms with Gasteiger partial charge in [-0.15, -0.1) is 0 Å². The summed E-state index contributed by atoms with van der Waals surface area (Å²) in [5.74, 6) is 0.816. The van der Waals surface area contributed by atoms with Crippen molar-refractivity contribution in [2.75, 3.05) is 7.11 Å². The summed E-state index contributed by atoms with van der Waals surface area (Å²) >= 11 is 0. The molecule has 1 heterocycles. The lowest BCUT2D eigenvalue weighted by atomic mass is 10.2. The monoisotopic (exact) mass is 371 g/mol. The fourth-order valence-electron chi connectivity index (χ4n) is 2.90. The van der Waals surface area contributed by atoms with E-state index in [2.05, 4.69) is 10.1 Å². The third-order valence-corrected chi connectivity index (χ3v) is 4.31. The van der Waals surface area contributed by atoms with Gasteiger partial charge in [0.1, 0.15) is 0 Å². The zero-order valence-corrected chi connectivity index (χ0v) is 15.1. The van der Waals surface area contributed by atoms with Crippen LogP contribution in [0.25, 0.3) is 22.3 Å². The van der Waals surface area contributed by atoms with Crippen LogP contribution < -0.4 is 10.3 Å². The molecule has 3 aromatic carbocycles. The number of hydrogen-bond acceptors (Lipinski definition) is 5. The number of phenolic OH excluding ortho intramolecular Hbond substituents is 1. The Balaban J connectivity index is 1.90. The van der Waals surface area contributed by atoms with Crippen LogP contribution in [0.15, 0.2) is 82.7 Å². The fourth-order valence-corrected chi connectivity index (χ4v) is 2.90. The van der Waals surface area contributed by atoms with Gasteiger partial charge in [-0.25, -0.2) is 4.98 Å². The van der Waals surface area contributed by atoms with Crippen LogP contribution in [0.3, 0.4) is 0 Å². The summed E-state index contributed by atoms with van der Waals surface area (Å²) in [7, 11) is 1.47. The minimum atomic E-state index is -0.258. The van der Waals surface area contributed by atoms with Gasteiger partial charge in [-0.1, -0.05) is 42.5 Å². The van der Waals surface area contributed by atoms with Crippen molar-refractivity contribution >= 4 is 17.1 Å². The average molecular weight is 371 g/mol. The van der Waals surface area contributed by atoms with Crippen LogP contribution in [-0.2, 0) is 0 Å². The predicted octanol–water partition coefficient (Wildman–Crippen LogP) is 3.66. The fraction of sp³-hybridized carbons (Fsp3) is 0.0455. The first-order valence-corrected chi connectivity index (χ1v) is 8.66. The summed E-state index contributed by atoms with van der Waals surface area (Å²) in [5, 5.41) is 14.6. The van der Waals surface area contributed by atoms with Crippen LogP contribution >= 0.6 is 0 Å². The van der Waals surface area contributed by atoms with Crippen molar-refractivity contribution < 1.29 is 9.84 Å². The summed E-state index contributed by atoms with van der Waals surface area (Å²) in [6.45, 7) is 0. The van der Waals surface area contributed by atoms with Crippen molar-refractivity contribution in [2.24, 2.45) is 5.10 Å². The minimum Gasteiger partial charge on any atom is -0.504 e. The molecule has 0 atom stereocenters. The molecule has 4 aromatic rings. The summed E-state index contributed by atoms with van der Waals surface area (Å²) in [6, 6.07) is 21.5. The Kier molecular flexibility index (Phi) is 4.60. The number of ether oxygens (including phenoxy) is 1. The highest BCUT2D eigenvalue weighted by Gasteiger charge is 2.12. The molecular formula is C22H17N3O3. The Bertz CT molecular complexity index is 1230. The summed E-state index contributed by atoms with van der Waals surface area (Å²) in [6.07, 6.45) is 1.53. The van der Waals surface area contributed by atoms with Crippen LogP contribution in [-0.4, -0.2) is 28.1 Å². The van der Waals surface area contributed by atoms with E-state index in [0.29, 0.717) is 28.0 Å². The Hall–Kier alpha value is -3.93. The molecule has 6 heteroatoms. The second kappa shape index (κ2) is 7.36. The number of fused-ring (bicyclic) bond motifs is 1. The van der Waals surface area contributed by atoms with Gasteiger partial charge in [0.15, 0.2) is 17.3 Å². The van der Waals surface area contributed by atoms with Crippen molar-refractivity contribution in [3.8, 4) is 22.9 Å². The van der Waals surface area contributed by atoms with Gasteiger partial charge in [0, 0.05) is 5.56 Å². The maximum absolute atomic E-state index is 13.1. The van der Waals surface area contributed by atoms with Gasteiger partial charge in [-0.05, 0) is 35.9 Å². The highest BCUT2D eigenvalue weighted by Crippen LogP contribution is 2.25. The molecule has 28 heavy (non-hydrogen) atoms. The molecule has 0 bridgehead atoms. The molecule has 0 saturated heterocycles. The molecule has 0 unspecified atom stereocenters. The van der Waals surface area contributed by atoms with Crippen LogP contribution in [0, 0.1) is 0 Å². The predicted molar refractivity (Wildman–Crippen MR) is 109 cm³/mol. The largest absolute Gasteiger partial charge is 0.504 e. The SMILES string of the molecule is COc1cc(/C=N/n2c(-c3ccccc3)nc3ccccc3c2=O)ccc1O. The topological polar surface area (TPSA) is 76.7 Å². The van der Waals surface area contributed by atoms with Gasteiger partial charge in [0.05, 0.1) is 24.2 Å². The van der Waals surface area contributed by atoms with E-state index in [1.807, 2.05) is 42.5 Å². The molecular weight excluding hydrogens is 354 g/mol. The molecule has 4 rings (SSSR count). The molecule has 0 aliphatic heterocycles. The second-order valence-electron chi connectivity index (χ2n) is 6.11. The van der Waals surface area contributed by atoms with Crippen molar-refractivity contribution in [3.63, 3.8) is 0 Å². The van der Waals surface area contributed by atoms with Crippen molar-refractivity contribution in [3.05, 3.63) is 88.7 Å². The number of benzene rings is 3. The lowest BCUT2D eigenvalue weighted by Gasteiger charge is -2.09. The molecule has 1 N–H and O–H groups in total. The minimum absolute atomic E-state index is 0.0363. The molecule has 0 saturated carbocycles. The van der Waals surface area contributed by atoms with E-state index in [0.717, 1.165) is 5.56 Å². The van der Waals surface area contributed by atoms with Gasteiger partial charge in [-0.2, -0.15) is 9.78 Å². The number of nitrogens with zero attached hydrogens (tertiary/aromatic N) is 3. The Morgan fingerprint density at radius 1 is 1.04 bits per heavy atom. The van der Waals surface area contributed by atoms with Crippen molar-refractivity contribution in [1.29, 1.82) is 0 Å². The molecule has 0 radical (unpaired) electrons. The third-order valence-electron chi connectivity index (χ3n) is 4.31. The van der Waals surface area contributed by atoms with E-state index in [1.54, 1.807) is 24.3 Å². The molecule has 1 aromatic heterocycles. The van der Waals surface area contributed by atoms with Crippen LogP contribution in [0.5, 0.6) is 11.5 Å². The first-order chi connectivity index (χ1) is 13.7. The smallest absolute Gasteiger partial charge is 0.282 e. The van der Waals surface area contributed by atoms with Gasteiger partial charge in [-0.3, -0.25) is 4.79 Å². The first kappa shape index (κ1) is 17.5. The maximum atomic E-state index is 13.1. The van der Waals surface area contributed by atoms with Crippen LogP contribution in [0.4, 0.5) is 0 Å². The molecule has 0 spiro atoms. The van der Waals surface area contributed by atoms with Crippen molar-refractivity contribution in [2.45, 2.75) is 0 Å². The molecule has 138 valence electrons. The maximum Gasteiger partial charge on any atom is 0.282 e. The molecule has 0 aliphatic carbocycles. The number of hydrogen-bond donors (Lipinski definition) is 1. The van der Waals surface area contributed by atoms with Gasteiger partial charge >= 0.3 is 0 Å². The molecule has 6 nitrogen and oxygen atoms in total. The Morgan fingerprint density at radius 3 is 2.57 bits per heavy atom. The lowest BCUT2D eigenvalue weighted by molar-refractivity contribution is 0.373. The van der Waals surface area contributed by atoms with E-state index >= 15 is 0 Å². The normalized spacial score (nSPS) is 11.2. The van der Waals surface area contributed by atoms with Crippen LogP contribution in [0.1, 0.15) is 5.56 Å².